The molecular weight excluding hydrogens is 328 g/mol. The molecule has 10 heavy (non-hydrogen) atoms. The van der Waals surface area contributed by atoms with Crippen molar-refractivity contribution in [2.24, 2.45) is 0 Å². The molecule has 0 unspecified atom stereocenters. The second-order valence-electron chi connectivity index (χ2n) is 1.52. The predicted molar refractivity (Wildman–Crippen MR) is 51.7 cm³/mol. The molecule has 0 aliphatic heterocycles. The van der Waals surface area contributed by atoms with Gasteiger partial charge in [0.2, 0.25) is 0 Å². The maximum Gasteiger partial charge on any atom is 0.143 e. The monoisotopic (exact) mass is 328 g/mol. The largest absolute Gasteiger partial charge is 0.232 e. The third-order valence-electron chi connectivity index (χ3n) is 0.932. The fourth-order valence-electron chi connectivity index (χ4n) is 0.489. The van der Waals surface area contributed by atoms with E-state index in [1.807, 2.05) is 0 Å². The maximum absolute atomic E-state index is 4.05. The van der Waals surface area contributed by atoms with Crippen LogP contribution in [-0.2, 0) is 0 Å². The lowest BCUT2D eigenvalue weighted by molar-refractivity contribution is 0.905. The summed E-state index contributed by atoms with van der Waals surface area (Å²) in [6, 6.07) is 0. The molecule has 0 aliphatic carbocycles. The van der Waals surface area contributed by atoms with Crippen LogP contribution in [0.25, 0.3) is 6.20 Å². The van der Waals surface area contributed by atoms with Crippen molar-refractivity contribution in [2.45, 2.75) is 0 Å². The van der Waals surface area contributed by atoms with Crippen LogP contribution in [0.15, 0.2) is 20.3 Å². The van der Waals surface area contributed by atoms with E-state index in [9.17, 15) is 0 Å². The number of nitrogens with zero attached hydrogens (tertiary/aromatic N) is 2. The van der Waals surface area contributed by atoms with E-state index in [-0.39, 0.29) is 0 Å². The number of hydrogen-bond donors (Lipinski definition) is 0. The Morgan fingerprint density at radius 2 is 2.00 bits per heavy atom. The van der Waals surface area contributed by atoms with Crippen LogP contribution >= 0.6 is 47.8 Å². The molecule has 1 heterocycles. The van der Waals surface area contributed by atoms with Crippen LogP contribution in [0.4, 0.5) is 0 Å². The third kappa shape index (κ3) is 1.35. The molecule has 2 nitrogen and oxygen atoms in total. The third-order valence-corrected chi connectivity index (χ3v) is 4.06. The highest BCUT2D eigenvalue weighted by atomic mass is 79.9. The Morgan fingerprint density at radius 3 is 2.20 bits per heavy atom. The highest BCUT2D eigenvalue weighted by molar-refractivity contribution is 9.14. The average molecular weight is 331 g/mol. The number of hydrogen-bond acceptors (Lipinski definition) is 1. The van der Waals surface area contributed by atoms with E-state index in [4.69, 9.17) is 0 Å². The number of aromatic nitrogens is 2. The van der Waals surface area contributed by atoms with E-state index in [0.717, 1.165) is 13.7 Å². The lowest BCUT2D eigenvalue weighted by Gasteiger charge is -1.89. The van der Waals surface area contributed by atoms with Crippen LogP contribution in [0.5, 0.6) is 0 Å². The molecule has 0 radical (unpaired) electrons. The Kier molecular flexibility index (Phi) is 2.71. The normalized spacial score (nSPS) is 9.90. The summed E-state index contributed by atoms with van der Waals surface area (Å²) in [7, 11) is 0. The van der Waals surface area contributed by atoms with Gasteiger partial charge < -0.3 is 0 Å². The van der Waals surface area contributed by atoms with E-state index in [0.29, 0.717) is 0 Å². The van der Waals surface area contributed by atoms with Crippen LogP contribution in [0, 0.1) is 0 Å². The Bertz CT molecular complexity index is 266. The molecule has 0 bridgehead atoms. The summed E-state index contributed by atoms with van der Waals surface area (Å²) in [6.07, 6.45) is 1.61. The van der Waals surface area contributed by atoms with Gasteiger partial charge in [0.05, 0.1) is 4.47 Å². The Morgan fingerprint density at radius 1 is 1.40 bits per heavy atom. The van der Waals surface area contributed by atoms with Gasteiger partial charge in [0.1, 0.15) is 9.21 Å². The van der Waals surface area contributed by atoms with Gasteiger partial charge in [0.25, 0.3) is 0 Å². The van der Waals surface area contributed by atoms with Gasteiger partial charge in [-0.2, -0.15) is 5.10 Å². The van der Waals surface area contributed by atoms with Crippen molar-refractivity contribution in [1.29, 1.82) is 0 Å². The lowest BCUT2D eigenvalue weighted by Crippen LogP contribution is -1.86. The molecule has 0 aliphatic rings. The summed E-state index contributed by atoms with van der Waals surface area (Å²) in [6.45, 7) is 3.58. The molecule has 1 rings (SSSR count). The van der Waals surface area contributed by atoms with Gasteiger partial charge in [0.15, 0.2) is 0 Å². The first kappa shape index (κ1) is 8.49. The number of halogens is 3. The van der Waals surface area contributed by atoms with Crippen molar-refractivity contribution < 1.29 is 0 Å². The van der Waals surface area contributed by atoms with Crippen LogP contribution in [-0.4, -0.2) is 9.78 Å². The fourth-order valence-corrected chi connectivity index (χ4v) is 1.79. The van der Waals surface area contributed by atoms with E-state index >= 15 is 0 Å². The molecule has 0 aromatic carbocycles. The molecular formula is C5H3Br3N2. The fraction of sp³-hybridized carbons (Fsp3) is 0. The smallest absolute Gasteiger partial charge is 0.143 e. The van der Waals surface area contributed by atoms with Crippen LogP contribution in [0.3, 0.4) is 0 Å². The first-order valence-electron chi connectivity index (χ1n) is 2.38. The molecule has 1 aromatic heterocycles. The Hall–Kier alpha value is 0.390. The van der Waals surface area contributed by atoms with Crippen molar-refractivity contribution in [3.05, 3.63) is 20.3 Å². The second-order valence-corrected chi connectivity index (χ2v) is 3.82. The Balaban J connectivity index is 3.30. The quantitative estimate of drug-likeness (QED) is 0.772. The lowest BCUT2D eigenvalue weighted by atomic mass is 10.7. The molecule has 0 fully saturated rings. The number of rotatable bonds is 1. The summed E-state index contributed by atoms with van der Waals surface area (Å²) in [5, 5.41) is 4.05. The predicted octanol–water partition coefficient (Wildman–Crippen LogP) is 3.27. The van der Waals surface area contributed by atoms with Crippen LogP contribution in [0.1, 0.15) is 0 Å². The first-order chi connectivity index (χ1) is 4.66. The second kappa shape index (κ2) is 3.19. The van der Waals surface area contributed by atoms with E-state index in [1.165, 1.54) is 0 Å². The molecule has 0 saturated heterocycles. The van der Waals surface area contributed by atoms with Crippen molar-refractivity contribution in [2.75, 3.05) is 0 Å². The van der Waals surface area contributed by atoms with Gasteiger partial charge in [-0.05, 0) is 47.8 Å². The minimum atomic E-state index is 0.763. The summed E-state index contributed by atoms with van der Waals surface area (Å²) in [5.41, 5.74) is 0. The maximum atomic E-state index is 4.05. The standard InChI is InChI=1S/C5H3Br3N2/c1-2-10-5(8)3(6)4(7)9-10/h2H,1H2. The molecule has 0 atom stereocenters. The van der Waals surface area contributed by atoms with Gasteiger partial charge in [-0.15, -0.1) is 0 Å². The molecule has 0 spiro atoms. The van der Waals surface area contributed by atoms with E-state index in [2.05, 4.69) is 59.5 Å². The summed E-state index contributed by atoms with van der Waals surface area (Å²) >= 11 is 9.88. The van der Waals surface area contributed by atoms with Crippen molar-refractivity contribution in [3.63, 3.8) is 0 Å². The molecule has 5 heteroatoms. The van der Waals surface area contributed by atoms with Crippen molar-refractivity contribution in [1.82, 2.24) is 9.78 Å². The van der Waals surface area contributed by atoms with E-state index in [1.54, 1.807) is 10.9 Å². The van der Waals surface area contributed by atoms with Crippen molar-refractivity contribution in [3.8, 4) is 0 Å². The van der Waals surface area contributed by atoms with Gasteiger partial charge in [0, 0.05) is 6.20 Å². The molecule has 0 N–H and O–H groups in total. The topological polar surface area (TPSA) is 17.8 Å². The van der Waals surface area contributed by atoms with Crippen LogP contribution in [0.2, 0.25) is 0 Å². The Labute approximate surface area is 83.7 Å². The summed E-state index contributed by atoms with van der Waals surface area (Å²) in [4.78, 5) is 0. The molecule has 0 amide bonds. The van der Waals surface area contributed by atoms with Gasteiger partial charge >= 0.3 is 0 Å². The van der Waals surface area contributed by atoms with Gasteiger partial charge in [-0.25, -0.2) is 4.68 Å². The van der Waals surface area contributed by atoms with Gasteiger partial charge in [-0.1, -0.05) is 6.58 Å². The summed E-state index contributed by atoms with van der Waals surface area (Å²) < 4.78 is 4.13. The van der Waals surface area contributed by atoms with Crippen molar-refractivity contribution >= 4 is 54.0 Å². The SMILES string of the molecule is C=Cn1nc(Br)c(Br)c1Br. The minimum absolute atomic E-state index is 0.763. The summed E-state index contributed by atoms with van der Waals surface area (Å²) in [5.74, 6) is 0. The zero-order valence-electron chi connectivity index (χ0n) is 4.81. The van der Waals surface area contributed by atoms with E-state index < -0.39 is 0 Å². The zero-order valence-corrected chi connectivity index (χ0v) is 9.57. The minimum Gasteiger partial charge on any atom is -0.232 e. The van der Waals surface area contributed by atoms with Crippen LogP contribution < -0.4 is 0 Å². The molecule has 54 valence electrons. The first-order valence-corrected chi connectivity index (χ1v) is 4.76. The highest BCUT2D eigenvalue weighted by Crippen LogP contribution is 2.30. The zero-order chi connectivity index (χ0) is 7.72. The molecule has 1 aromatic rings. The average Bonchev–Trinajstić information content (AvgIpc) is 2.17. The van der Waals surface area contributed by atoms with Gasteiger partial charge in [-0.3, -0.25) is 0 Å². The highest BCUT2D eigenvalue weighted by Gasteiger charge is 2.08. The molecule has 0 saturated carbocycles.